The summed E-state index contributed by atoms with van der Waals surface area (Å²) in [6.07, 6.45) is 2.75. The van der Waals surface area contributed by atoms with Gasteiger partial charge in [-0.1, -0.05) is 5.16 Å². The fourth-order valence-corrected chi connectivity index (χ4v) is 3.11. The van der Waals surface area contributed by atoms with Gasteiger partial charge in [0, 0.05) is 25.2 Å². The number of likely N-dealkylation sites (tertiary alicyclic amines) is 1. The first-order chi connectivity index (χ1) is 11.9. The Morgan fingerprint density at radius 2 is 2.32 bits per heavy atom. The minimum Gasteiger partial charge on any atom is -0.445 e. The number of hydrogen-bond acceptors (Lipinski definition) is 7. The van der Waals surface area contributed by atoms with Crippen LogP contribution in [0.1, 0.15) is 30.7 Å². The molecule has 2 unspecified atom stereocenters. The van der Waals surface area contributed by atoms with Gasteiger partial charge in [0.1, 0.15) is 5.76 Å². The minimum absolute atomic E-state index is 0.0808. The average molecular weight is 347 g/mol. The lowest BCUT2D eigenvalue weighted by molar-refractivity contribution is -0.120. The van der Waals surface area contributed by atoms with Crippen molar-refractivity contribution in [3.8, 4) is 0 Å². The number of carbonyl (C=O) groups is 1. The van der Waals surface area contributed by atoms with Crippen LogP contribution in [0.4, 0.5) is 5.88 Å². The SMILES string of the molecule is Cc1cc(NC(=O)C(C)N2CCC(N(C)Cc3ncc(C)o3)C2)on1. The van der Waals surface area contributed by atoms with Crippen molar-refractivity contribution in [2.45, 2.75) is 45.8 Å². The molecule has 1 saturated heterocycles. The fraction of sp³-hybridized carbons (Fsp3) is 0.588. The summed E-state index contributed by atoms with van der Waals surface area (Å²) in [6.45, 7) is 8.01. The molecule has 0 spiro atoms. The molecule has 0 aromatic carbocycles. The quantitative estimate of drug-likeness (QED) is 0.852. The van der Waals surface area contributed by atoms with Crippen LogP contribution >= 0.6 is 0 Å². The molecule has 0 radical (unpaired) electrons. The van der Waals surface area contributed by atoms with Crippen molar-refractivity contribution < 1.29 is 13.7 Å². The summed E-state index contributed by atoms with van der Waals surface area (Å²) >= 11 is 0. The molecular weight excluding hydrogens is 322 g/mol. The minimum atomic E-state index is -0.229. The third kappa shape index (κ3) is 4.26. The maximum absolute atomic E-state index is 12.4. The number of aromatic nitrogens is 2. The zero-order valence-electron chi connectivity index (χ0n) is 15.2. The molecule has 0 saturated carbocycles. The molecule has 2 aromatic rings. The number of hydrogen-bond donors (Lipinski definition) is 1. The molecule has 8 nitrogen and oxygen atoms in total. The maximum atomic E-state index is 12.4. The molecule has 3 rings (SSSR count). The second-order valence-corrected chi connectivity index (χ2v) is 6.71. The predicted molar refractivity (Wildman–Crippen MR) is 92.0 cm³/mol. The fourth-order valence-electron chi connectivity index (χ4n) is 3.11. The summed E-state index contributed by atoms with van der Waals surface area (Å²) in [5, 5.41) is 6.56. The predicted octanol–water partition coefficient (Wildman–Crippen LogP) is 1.81. The number of carbonyl (C=O) groups excluding carboxylic acids is 1. The lowest BCUT2D eigenvalue weighted by Gasteiger charge is -2.26. The third-order valence-corrected chi connectivity index (χ3v) is 4.67. The lowest BCUT2D eigenvalue weighted by Crippen LogP contribution is -2.42. The average Bonchev–Trinajstić information content (AvgIpc) is 3.28. The lowest BCUT2D eigenvalue weighted by atomic mass is 10.2. The molecule has 25 heavy (non-hydrogen) atoms. The van der Waals surface area contributed by atoms with Crippen LogP contribution in [-0.2, 0) is 11.3 Å². The Hall–Kier alpha value is -2.19. The van der Waals surface area contributed by atoms with Crippen LogP contribution < -0.4 is 5.32 Å². The zero-order valence-corrected chi connectivity index (χ0v) is 15.2. The van der Waals surface area contributed by atoms with Crippen LogP contribution in [0.5, 0.6) is 0 Å². The van der Waals surface area contributed by atoms with E-state index >= 15 is 0 Å². The van der Waals surface area contributed by atoms with Gasteiger partial charge in [-0.25, -0.2) is 4.98 Å². The summed E-state index contributed by atoms with van der Waals surface area (Å²) in [7, 11) is 2.07. The van der Waals surface area contributed by atoms with Gasteiger partial charge in [0.2, 0.25) is 17.7 Å². The van der Waals surface area contributed by atoms with Crippen molar-refractivity contribution >= 4 is 11.8 Å². The van der Waals surface area contributed by atoms with Gasteiger partial charge < -0.3 is 8.94 Å². The van der Waals surface area contributed by atoms with Gasteiger partial charge in [0.15, 0.2) is 0 Å². The van der Waals surface area contributed by atoms with E-state index in [1.165, 1.54) is 0 Å². The molecule has 0 aliphatic carbocycles. The first-order valence-electron chi connectivity index (χ1n) is 8.52. The van der Waals surface area contributed by atoms with Crippen molar-refractivity contribution in [2.24, 2.45) is 0 Å². The van der Waals surface area contributed by atoms with E-state index in [9.17, 15) is 4.79 Å². The van der Waals surface area contributed by atoms with Gasteiger partial charge in [-0.15, -0.1) is 0 Å². The number of rotatable bonds is 6. The van der Waals surface area contributed by atoms with Gasteiger partial charge in [-0.3, -0.25) is 19.9 Å². The van der Waals surface area contributed by atoms with Gasteiger partial charge in [0.25, 0.3) is 0 Å². The molecule has 8 heteroatoms. The molecule has 136 valence electrons. The van der Waals surface area contributed by atoms with E-state index in [4.69, 9.17) is 8.94 Å². The number of aryl methyl sites for hydroxylation is 2. The molecule has 1 fully saturated rings. The Labute approximate surface area is 147 Å². The number of nitrogens with zero attached hydrogens (tertiary/aromatic N) is 4. The monoisotopic (exact) mass is 347 g/mol. The molecule has 1 aliphatic heterocycles. The van der Waals surface area contributed by atoms with Crippen molar-refractivity contribution in [2.75, 3.05) is 25.5 Å². The van der Waals surface area contributed by atoms with Crippen LogP contribution in [0.15, 0.2) is 21.2 Å². The summed E-state index contributed by atoms with van der Waals surface area (Å²) in [5.41, 5.74) is 0.743. The van der Waals surface area contributed by atoms with Crippen LogP contribution in [0.25, 0.3) is 0 Å². The van der Waals surface area contributed by atoms with Crippen molar-refractivity contribution in [1.29, 1.82) is 0 Å². The molecule has 1 amide bonds. The van der Waals surface area contributed by atoms with Gasteiger partial charge in [0.05, 0.1) is 24.5 Å². The molecule has 1 aliphatic rings. The highest BCUT2D eigenvalue weighted by molar-refractivity contribution is 5.93. The Morgan fingerprint density at radius 1 is 1.52 bits per heavy atom. The highest BCUT2D eigenvalue weighted by atomic mass is 16.5. The number of oxazole rings is 1. The van der Waals surface area contributed by atoms with E-state index < -0.39 is 0 Å². The summed E-state index contributed by atoms with van der Waals surface area (Å²) in [6, 6.07) is 1.85. The van der Waals surface area contributed by atoms with Crippen molar-refractivity contribution in [1.82, 2.24) is 19.9 Å². The number of amides is 1. The molecule has 1 N–H and O–H groups in total. The van der Waals surface area contributed by atoms with Crippen LogP contribution in [0, 0.1) is 13.8 Å². The van der Waals surface area contributed by atoms with Crippen molar-refractivity contribution in [3.63, 3.8) is 0 Å². The second-order valence-electron chi connectivity index (χ2n) is 6.71. The Morgan fingerprint density at radius 3 is 2.96 bits per heavy atom. The van der Waals surface area contributed by atoms with E-state index in [0.29, 0.717) is 18.5 Å². The Kier molecular flexibility index (Phi) is 5.19. The normalized spacial score (nSPS) is 19.5. The molecule has 3 heterocycles. The maximum Gasteiger partial charge on any atom is 0.243 e. The summed E-state index contributed by atoms with van der Waals surface area (Å²) < 4.78 is 10.6. The zero-order chi connectivity index (χ0) is 18.0. The van der Waals surface area contributed by atoms with Crippen LogP contribution in [-0.4, -0.2) is 58.1 Å². The standard InChI is InChI=1S/C17H25N5O3/c1-11-7-15(25-20-11)19-17(23)13(3)22-6-5-14(9-22)21(4)10-16-18-8-12(2)24-16/h7-8,13-14H,5-6,9-10H2,1-4H3,(H,19,23). The molecule has 2 aromatic heterocycles. The number of likely N-dealkylation sites (N-methyl/N-ethyl adjacent to an activating group) is 1. The topological polar surface area (TPSA) is 87.6 Å². The van der Waals surface area contributed by atoms with E-state index in [0.717, 1.165) is 36.9 Å². The van der Waals surface area contributed by atoms with Crippen molar-refractivity contribution in [3.05, 3.63) is 29.6 Å². The molecule has 2 atom stereocenters. The second kappa shape index (κ2) is 7.37. The largest absolute Gasteiger partial charge is 0.445 e. The molecular formula is C17H25N5O3. The van der Waals surface area contributed by atoms with Gasteiger partial charge in [-0.05, 0) is 34.2 Å². The smallest absolute Gasteiger partial charge is 0.243 e. The van der Waals surface area contributed by atoms with Gasteiger partial charge >= 0.3 is 0 Å². The van der Waals surface area contributed by atoms with E-state index in [-0.39, 0.29) is 11.9 Å². The van der Waals surface area contributed by atoms with E-state index in [2.05, 4.69) is 32.3 Å². The first-order valence-corrected chi connectivity index (χ1v) is 8.52. The summed E-state index contributed by atoms with van der Waals surface area (Å²) in [4.78, 5) is 21.1. The van der Waals surface area contributed by atoms with Gasteiger partial charge in [-0.2, -0.15) is 0 Å². The molecule has 0 bridgehead atoms. The number of nitrogens with one attached hydrogen (secondary N) is 1. The number of anilines is 1. The first kappa shape index (κ1) is 17.6. The van der Waals surface area contributed by atoms with Crippen LogP contribution in [0.3, 0.4) is 0 Å². The highest BCUT2D eigenvalue weighted by Crippen LogP contribution is 2.20. The Bertz CT molecular complexity index is 725. The highest BCUT2D eigenvalue weighted by Gasteiger charge is 2.32. The summed E-state index contributed by atoms with van der Waals surface area (Å²) in [5.74, 6) is 1.86. The third-order valence-electron chi connectivity index (χ3n) is 4.67. The van der Waals surface area contributed by atoms with E-state index in [1.807, 2.05) is 20.8 Å². The Balaban J connectivity index is 1.51. The van der Waals surface area contributed by atoms with E-state index in [1.54, 1.807) is 12.3 Å². The van der Waals surface area contributed by atoms with Crippen LogP contribution in [0.2, 0.25) is 0 Å².